The lowest BCUT2D eigenvalue weighted by Crippen LogP contribution is -2.01. The predicted octanol–water partition coefficient (Wildman–Crippen LogP) is 2.86. The van der Waals surface area contributed by atoms with Gasteiger partial charge < -0.3 is 16.2 Å². The minimum absolute atomic E-state index is 0.214. The van der Waals surface area contributed by atoms with Crippen LogP contribution in [0.5, 0.6) is 5.88 Å². The molecule has 2 aromatic carbocycles. The highest BCUT2D eigenvalue weighted by Gasteiger charge is 2.09. The number of hydrogen-bond donors (Lipinski definition) is 2. The predicted molar refractivity (Wildman–Crippen MR) is 85.0 cm³/mol. The molecule has 0 unspecified atom stereocenters. The molecule has 0 aliphatic heterocycles. The van der Waals surface area contributed by atoms with Gasteiger partial charge in [0.2, 0.25) is 11.8 Å². The molecule has 0 spiro atoms. The van der Waals surface area contributed by atoms with Crippen LogP contribution in [0.1, 0.15) is 6.92 Å². The van der Waals surface area contributed by atoms with E-state index in [1.165, 1.54) is 0 Å². The number of hydrogen-bond acceptors (Lipinski definition) is 5. The first kappa shape index (κ1) is 13.2. The summed E-state index contributed by atoms with van der Waals surface area (Å²) in [6, 6.07) is 13.6. The highest BCUT2D eigenvalue weighted by molar-refractivity contribution is 5.89. The second kappa shape index (κ2) is 5.28. The summed E-state index contributed by atoms with van der Waals surface area (Å²) in [5.41, 5.74) is 15.1. The minimum atomic E-state index is 0.214. The van der Waals surface area contributed by atoms with Crippen LogP contribution in [0, 0.1) is 0 Å². The quantitative estimate of drug-likeness (QED) is 0.720. The summed E-state index contributed by atoms with van der Waals surface area (Å²) >= 11 is 0. The first-order chi connectivity index (χ1) is 10.2. The zero-order chi connectivity index (χ0) is 14.8. The number of ether oxygens (including phenoxy) is 1. The van der Waals surface area contributed by atoms with E-state index in [1.807, 2.05) is 49.4 Å². The smallest absolute Gasteiger partial charge is 0.226 e. The van der Waals surface area contributed by atoms with Gasteiger partial charge in [-0.1, -0.05) is 18.2 Å². The second-order valence-corrected chi connectivity index (χ2v) is 4.67. The molecule has 0 saturated carbocycles. The second-order valence-electron chi connectivity index (χ2n) is 4.67. The van der Waals surface area contributed by atoms with Gasteiger partial charge in [-0.3, -0.25) is 0 Å². The molecule has 0 aliphatic carbocycles. The molecule has 106 valence electrons. The van der Waals surface area contributed by atoms with E-state index < -0.39 is 0 Å². The van der Waals surface area contributed by atoms with Crippen molar-refractivity contribution in [3.05, 3.63) is 42.5 Å². The van der Waals surface area contributed by atoms with Gasteiger partial charge >= 0.3 is 0 Å². The van der Waals surface area contributed by atoms with Crippen LogP contribution in [-0.2, 0) is 0 Å². The van der Waals surface area contributed by atoms with Crippen molar-refractivity contribution in [2.45, 2.75) is 6.92 Å². The summed E-state index contributed by atoms with van der Waals surface area (Å²) in [5.74, 6) is 0.725. The first-order valence-electron chi connectivity index (χ1n) is 6.73. The van der Waals surface area contributed by atoms with Gasteiger partial charge in [0, 0.05) is 5.69 Å². The number of nitrogen functional groups attached to an aromatic ring is 2. The number of anilines is 2. The summed E-state index contributed by atoms with van der Waals surface area (Å²) in [6.45, 7) is 2.44. The standard InChI is InChI=1S/C16H16N4O/c1-2-21-15-13-9-11(10-3-6-12(17)7-4-10)5-8-14(13)19-16(18)20-15/h3-9H,2,17H2,1H3,(H2,18,19,20). The van der Waals surface area contributed by atoms with E-state index >= 15 is 0 Å². The molecule has 0 amide bonds. The van der Waals surface area contributed by atoms with Gasteiger partial charge in [-0.05, 0) is 42.3 Å². The van der Waals surface area contributed by atoms with E-state index in [-0.39, 0.29) is 5.95 Å². The fourth-order valence-corrected chi connectivity index (χ4v) is 2.22. The number of rotatable bonds is 3. The molecule has 0 atom stereocenters. The number of nitrogens with two attached hydrogens (primary N) is 2. The summed E-state index contributed by atoms with van der Waals surface area (Å²) in [4.78, 5) is 8.40. The lowest BCUT2D eigenvalue weighted by Gasteiger charge is -2.09. The zero-order valence-electron chi connectivity index (χ0n) is 11.7. The van der Waals surface area contributed by atoms with Crippen LogP contribution in [-0.4, -0.2) is 16.6 Å². The molecule has 0 aliphatic rings. The molecule has 0 radical (unpaired) electrons. The van der Waals surface area contributed by atoms with Crippen LogP contribution in [0.2, 0.25) is 0 Å². The van der Waals surface area contributed by atoms with Gasteiger partial charge in [-0.2, -0.15) is 4.98 Å². The average Bonchev–Trinajstić information content (AvgIpc) is 2.48. The van der Waals surface area contributed by atoms with Crippen LogP contribution in [0.4, 0.5) is 11.6 Å². The lowest BCUT2D eigenvalue weighted by atomic mass is 10.0. The Morgan fingerprint density at radius 1 is 0.952 bits per heavy atom. The Bertz CT molecular complexity index is 784. The van der Waals surface area contributed by atoms with Crippen LogP contribution >= 0.6 is 0 Å². The normalized spacial score (nSPS) is 10.7. The largest absolute Gasteiger partial charge is 0.477 e. The molecule has 0 bridgehead atoms. The molecule has 3 aromatic rings. The summed E-state index contributed by atoms with van der Waals surface area (Å²) in [6.07, 6.45) is 0. The monoisotopic (exact) mass is 280 g/mol. The third-order valence-electron chi connectivity index (χ3n) is 3.20. The summed E-state index contributed by atoms with van der Waals surface area (Å²) in [7, 11) is 0. The Balaban J connectivity index is 2.16. The molecule has 1 aromatic heterocycles. The number of fused-ring (bicyclic) bond motifs is 1. The summed E-state index contributed by atoms with van der Waals surface area (Å²) < 4.78 is 5.56. The maximum atomic E-state index is 5.72. The van der Waals surface area contributed by atoms with Crippen molar-refractivity contribution in [1.29, 1.82) is 0 Å². The maximum Gasteiger partial charge on any atom is 0.226 e. The fourth-order valence-electron chi connectivity index (χ4n) is 2.22. The molecule has 21 heavy (non-hydrogen) atoms. The third-order valence-corrected chi connectivity index (χ3v) is 3.20. The minimum Gasteiger partial charge on any atom is -0.477 e. The SMILES string of the molecule is CCOc1nc(N)nc2ccc(-c3ccc(N)cc3)cc12. The van der Waals surface area contributed by atoms with Gasteiger partial charge in [0.05, 0.1) is 17.5 Å². The van der Waals surface area contributed by atoms with E-state index in [2.05, 4.69) is 9.97 Å². The Morgan fingerprint density at radius 3 is 2.38 bits per heavy atom. The van der Waals surface area contributed by atoms with Crippen LogP contribution < -0.4 is 16.2 Å². The molecule has 1 heterocycles. The van der Waals surface area contributed by atoms with E-state index in [4.69, 9.17) is 16.2 Å². The average molecular weight is 280 g/mol. The molecular formula is C16H16N4O. The molecule has 0 saturated heterocycles. The van der Waals surface area contributed by atoms with Gasteiger partial charge in [-0.15, -0.1) is 0 Å². The molecular weight excluding hydrogens is 264 g/mol. The lowest BCUT2D eigenvalue weighted by molar-refractivity contribution is 0.331. The number of aromatic nitrogens is 2. The van der Waals surface area contributed by atoms with Crippen molar-refractivity contribution in [2.75, 3.05) is 18.1 Å². The molecule has 5 heteroatoms. The Labute approximate surface area is 122 Å². The molecule has 3 rings (SSSR count). The van der Waals surface area contributed by atoms with Gasteiger partial charge in [0.25, 0.3) is 0 Å². The van der Waals surface area contributed by atoms with Crippen molar-refractivity contribution >= 4 is 22.5 Å². The highest BCUT2D eigenvalue weighted by atomic mass is 16.5. The van der Waals surface area contributed by atoms with Crippen LogP contribution in [0.3, 0.4) is 0 Å². The fraction of sp³-hybridized carbons (Fsp3) is 0.125. The van der Waals surface area contributed by atoms with E-state index in [0.717, 1.165) is 27.7 Å². The Kier molecular flexibility index (Phi) is 3.31. The topological polar surface area (TPSA) is 87.0 Å². The van der Waals surface area contributed by atoms with Gasteiger partial charge in [0.15, 0.2) is 0 Å². The van der Waals surface area contributed by atoms with Crippen molar-refractivity contribution < 1.29 is 4.74 Å². The van der Waals surface area contributed by atoms with Crippen LogP contribution in [0.15, 0.2) is 42.5 Å². The van der Waals surface area contributed by atoms with E-state index in [0.29, 0.717) is 12.5 Å². The molecule has 0 fully saturated rings. The molecule has 5 nitrogen and oxygen atoms in total. The Morgan fingerprint density at radius 2 is 1.67 bits per heavy atom. The van der Waals surface area contributed by atoms with Crippen molar-refractivity contribution in [3.8, 4) is 17.0 Å². The van der Waals surface area contributed by atoms with Gasteiger partial charge in [0.1, 0.15) is 0 Å². The van der Waals surface area contributed by atoms with Crippen LogP contribution in [0.25, 0.3) is 22.0 Å². The first-order valence-corrected chi connectivity index (χ1v) is 6.73. The third kappa shape index (κ3) is 2.58. The van der Waals surface area contributed by atoms with Crippen molar-refractivity contribution in [1.82, 2.24) is 9.97 Å². The molecule has 4 N–H and O–H groups in total. The highest BCUT2D eigenvalue weighted by Crippen LogP contribution is 2.29. The van der Waals surface area contributed by atoms with E-state index in [1.54, 1.807) is 0 Å². The summed E-state index contributed by atoms with van der Waals surface area (Å²) in [5, 5.41) is 0.848. The van der Waals surface area contributed by atoms with Crippen molar-refractivity contribution in [2.24, 2.45) is 0 Å². The zero-order valence-corrected chi connectivity index (χ0v) is 11.7. The van der Waals surface area contributed by atoms with E-state index in [9.17, 15) is 0 Å². The van der Waals surface area contributed by atoms with Gasteiger partial charge in [-0.25, -0.2) is 4.98 Å². The Hall–Kier alpha value is -2.82. The number of nitrogens with zero attached hydrogens (tertiary/aromatic N) is 2. The maximum absolute atomic E-state index is 5.72. The van der Waals surface area contributed by atoms with Crippen molar-refractivity contribution in [3.63, 3.8) is 0 Å². The number of benzene rings is 2.